The lowest BCUT2D eigenvalue weighted by molar-refractivity contribution is 0.0698. The molecule has 2 aromatic rings. The van der Waals surface area contributed by atoms with Crippen LogP contribution in [0.4, 0.5) is 5.82 Å². The fourth-order valence-electron chi connectivity index (χ4n) is 2.71. The predicted molar refractivity (Wildman–Crippen MR) is 74.8 cm³/mol. The Morgan fingerprint density at radius 2 is 1.79 bits per heavy atom. The molecule has 1 aliphatic rings. The van der Waals surface area contributed by atoms with E-state index in [0.717, 1.165) is 29.7 Å². The van der Waals surface area contributed by atoms with Crippen LogP contribution in [0.2, 0.25) is 0 Å². The summed E-state index contributed by atoms with van der Waals surface area (Å²) in [5, 5.41) is 10.9. The van der Waals surface area contributed by atoms with E-state index in [1.807, 2.05) is 24.3 Å². The Morgan fingerprint density at radius 3 is 2.47 bits per heavy atom. The molecule has 0 radical (unpaired) electrons. The molecule has 0 saturated carbocycles. The molecule has 0 bridgehead atoms. The molecule has 0 amide bonds. The van der Waals surface area contributed by atoms with Gasteiger partial charge in [0.25, 0.3) is 0 Å². The average molecular weight is 256 g/mol. The van der Waals surface area contributed by atoms with Crippen molar-refractivity contribution in [3.05, 3.63) is 36.0 Å². The summed E-state index contributed by atoms with van der Waals surface area (Å²) in [5.74, 6) is -0.00538. The van der Waals surface area contributed by atoms with Crippen molar-refractivity contribution in [2.24, 2.45) is 0 Å². The molecule has 1 aromatic heterocycles. The van der Waals surface area contributed by atoms with E-state index < -0.39 is 5.97 Å². The predicted octanol–water partition coefficient (Wildman–Crippen LogP) is 2.92. The van der Waals surface area contributed by atoms with Gasteiger partial charge in [-0.3, -0.25) is 0 Å². The molecule has 2 heterocycles. The van der Waals surface area contributed by atoms with Gasteiger partial charge in [0.05, 0.1) is 5.56 Å². The summed E-state index contributed by atoms with van der Waals surface area (Å²) in [6.07, 6.45) is 5.10. The molecule has 3 rings (SSSR count). The Morgan fingerprint density at radius 1 is 1.11 bits per heavy atom. The standard InChI is InChI=1S/C15H16N2O2/c18-15(19)13-10-16-14(17-8-4-1-5-9-17)12-7-3-2-6-11(12)13/h2-3,6-7,10H,1,4-5,8-9H2,(H,18,19). The molecule has 1 aromatic carbocycles. The van der Waals surface area contributed by atoms with Gasteiger partial charge in [-0.1, -0.05) is 24.3 Å². The molecule has 0 unspecified atom stereocenters. The number of fused-ring (bicyclic) bond motifs is 1. The van der Waals surface area contributed by atoms with E-state index in [0.29, 0.717) is 0 Å². The molecule has 1 saturated heterocycles. The van der Waals surface area contributed by atoms with E-state index in [2.05, 4.69) is 9.88 Å². The Bertz CT molecular complexity index is 619. The smallest absolute Gasteiger partial charge is 0.337 e. The van der Waals surface area contributed by atoms with Gasteiger partial charge in [0, 0.05) is 30.1 Å². The molecule has 1 aliphatic heterocycles. The molecular formula is C15H16N2O2. The zero-order valence-corrected chi connectivity index (χ0v) is 10.7. The minimum absolute atomic E-state index is 0.274. The molecule has 4 heteroatoms. The lowest BCUT2D eigenvalue weighted by Gasteiger charge is -2.28. The zero-order valence-electron chi connectivity index (χ0n) is 10.7. The van der Waals surface area contributed by atoms with Gasteiger partial charge in [-0.25, -0.2) is 9.78 Å². The van der Waals surface area contributed by atoms with Crippen LogP contribution in [0.25, 0.3) is 10.8 Å². The van der Waals surface area contributed by atoms with Crippen molar-refractivity contribution in [2.75, 3.05) is 18.0 Å². The quantitative estimate of drug-likeness (QED) is 0.897. The van der Waals surface area contributed by atoms with Crippen LogP contribution >= 0.6 is 0 Å². The Labute approximate surface area is 111 Å². The average Bonchev–Trinajstić information content (AvgIpc) is 2.47. The number of aromatic carboxylic acids is 1. The third-order valence-corrected chi connectivity index (χ3v) is 3.66. The van der Waals surface area contributed by atoms with Gasteiger partial charge in [-0.2, -0.15) is 0 Å². The number of hydrogen-bond donors (Lipinski definition) is 1. The van der Waals surface area contributed by atoms with E-state index >= 15 is 0 Å². The van der Waals surface area contributed by atoms with E-state index in [-0.39, 0.29) is 5.56 Å². The van der Waals surface area contributed by atoms with Crippen LogP contribution in [0, 0.1) is 0 Å². The molecule has 4 nitrogen and oxygen atoms in total. The Kier molecular flexibility index (Phi) is 3.07. The van der Waals surface area contributed by atoms with Gasteiger partial charge in [-0.05, 0) is 19.3 Å². The Balaban J connectivity index is 2.15. The number of aromatic nitrogens is 1. The van der Waals surface area contributed by atoms with Crippen LogP contribution < -0.4 is 4.90 Å². The van der Waals surface area contributed by atoms with E-state index in [9.17, 15) is 9.90 Å². The van der Waals surface area contributed by atoms with Gasteiger partial charge in [0.2, 0.25) is 0 Å². The highest BCUT2D eigenvalue weighted by atomic mass is 16.4. The maximum absolute atomic E-state index is 11.2. The minimum atomic E-state index is -0.922. The fourth-order valence-corrected chi connectivity index (χ4v) is 2.71. The third-order valence-electron chi connectivity index (χ3n) is 3.66. The maximum Gasteiger partial charge on any atom is 0.337 e. The van der Waals surface area contributed by atoms with Crippen LogP contribution in [0.3, 0.4) is 0 Å². The lowest BCUT2D eigenvalue weighted by atomic mass is 10.1. The van der Waals surface area contributed by atoms with Crippen LogP contribution in [0.1, 0.15) is 29.6 Å². The summed E-state index contributed by atoms with van der Waals surface area (Å²) in [6.45, 7) is 2.01. The number of carboxylic acids is 1. The molecule has 1 N–H and O–H groups in total. The number of rotatable bonds is 2. The van der Waals surface area contributed by atoms with Crippen molar-refractivity contribution in [1.29, 1.82) is 0 Å². The maximum atomic E-state index is 11.2. The van der Waals surface area contributed by atoms with Gasteiger partial charge in [0.1, 0.15) is 5.82 Å². The number of benzene rings is 1. The fraction of sp³-hybridized carbons (Fsp3) is 0.333. The van der Waals surface area contributed by atoms with Crippen molar-refractivity contribution < 1.29 is 9.90 Å². The molecule has 19 heavy (non-hydrogen) atoms. The molecule has 0 atom stereocenters. The highest BCUT2D eigenvalue weighted by Crippen LogP contribution is 2.28. The van der Waals surface area contributed by atoms with E-state index in [4.69, 9.17) is 0 Å². The molecular weight excluding hydrogens is 240 g/mol. The molecule has 1 fully saturated rings. The first-order valence-corrected chi connectivity index (χ1v) is 6.63. The molecule has 0 aliphatic carbocycles. The number of nitrogens with zero attached hydrogens (tertiary/aromatic N) is 2. The summed E-state index contributed by atoms with van der Waals surface area (Å²) < 4.78 is 0. The number of pyridine rings is 1. The zero-order chi connectivity index (χ0) is 13.2. The second-order valence-corrected chi connectivity index (χ2v) is 4.89. The van der Waals surface area contributed by atoms with Crippen LogP contribution in [0.15, 0.2) is 30.5 Å². The van der Waals surface area contributed by atoms with E-state index in [1.165, 1.54) is 25.5 Å². The monoisotopic (exact) mass is 256 g/mol. The first-order valence-electron chi connectivity index (χ1n) is 6.63. The lowest BCUT2D eigenvalue weighted by Crippen LogP contribution is -2.30. The number of carboxylic acid groups (broad SMARTS) is 1. The van der Waals surface area contributed by atoms with Gasteiger partial charge >= 0.3 is 5.97 Å². The number of anilines is 1. The van der Waals surface area contributed by atoms with Crippen molar-refractivity contribution >= 4 is 22.6 Å². The topological polar surface area (TPSA) is 53.4 Å². The number of piperidine rings is 1. The summed E-state index contributed by atoms with van der Waals surface area (Å²) in [7, 11) is 0. The third kappa shape index (κ3) is 2.14. The van der Waals surface area contributed by atoms with Crippen LogP contribution in [-0.2, 0) is 0 Å². The van der Waals surface area contributed by atoms with Crippen LogP contribution in [-0.4, -0.2) is 29.1 Å². The van der Waals surface area contributed by atoms with Gasteiger partial charge < -0.3 is 10.0 Å². The van der Waals surface area contributed by atoms with E-state index in [1.54, 1.807) is 0 Å². The second-order valence-electron chi connectivity index (χ2n) is 4.89. The summed E-state index contributed by atoms with van der Waals surface area (Å²) in [4.78, 5) is 17.9. The SMILES string of the molecule is O=C(O)c1cnc(N2CCCCC2)c2ccccc12. The number of carbonyl (C=O) groups is 1. The highest BCUT2D eigenvalue weighted by molar-refractivity contribution is 6.06. The first-order chi connectivity index (χ1) is 9.27. The summed E-state index contributed by atoms with van der Waals surface area (Å²) in [5.41, 5.74) is 0.274. The highest BCUT2D eigenvalue weighted by Gasteiger charge is 2.17. The van der Waals surface area contributed by atoms with Crippen molar-refractivity contribution in [1.82, 2.24) is 4.98 Å². The first kappa shape index (κ1) is 12.0. The normalized spacial score (nSPS) is 15.7. The van der Waals surface area contributed by atoms with Gasteiger partial charge in [0.15, 0.2) is 0 Å². The van der Waals surface area contributed by atoms with Gasteiger partial charge in [-0.15, -0.1) is 0 Å². The number of hydrogen-bond acceptors (Lipinski definition) is 3. The van der Waals surface area contributed by atoms with Crippen LogP contribution in [0.5, 0.6) is 0 Å². The van der Waals surface area contributed by atoms with Crippen molar-refractivity contribution in [2.45, 2.75) is 19.3 Å². The second kappa shape index (κ2) is 4.88. The largest absolute Gasteiger partial charge is 0.478 e. The van der Waals surface area contributed by atoms with Crippen molar-refractivity contribution in [3.63, 3.8) is 0 Å². The summed E-state index contributed by atoms with van der Waals surface area (Å²) >= 11 is 0. The Hall–Kier alpha value is -2.10. The van der Waals surface area contributed by atoms with Crippen molar-refractivity contribution in [3.8, 4) is 0 Å². The molecule has 0 spiro atoms. The summed E-state index contributed by atoms with van der Waals surface area (Å²) in [6, 6.07) is 7.62. The molecule has 98 valence electrons. The minimum Gasteiger partial charge on any atom is -0.478 e.